The molecule has 2 atom stereocenters. The summed E-state index contributed by atoms with van der Waals surface area (Å²) >= 11 is 0. The Balaban J connectivity index is 2.37. The van der Waals surface area contributed by atoms with Gasteiger partial charge >= 0.3 is 5.97 Å². The number of hydrogen-bond acceptors (Lipinski definition) is 4. The minimum Gasteiger partial charge on any atom is -0.460 e. The van der Waals surface area contributed by atoms with Crippen molar-refractivity contribution in [1.82, 2.24) is 0 Å². The van der Waals surface area contributed by atoms with Gasteiger partial charge < -0.3 is 4.74 Å². The van der Waals surface area contributed by atoms with Crippen molar-refractivity contribution in [3.63, 3.8) is 0 Å². The molecular formula is C11H16O4. The highest BCUT2D eigenvalue weighted by Gasteiger charge is 2.34. The van der Waals surface area contributed by atoms with Crippen molar-refractivity contribution in [2.24, 2.45) is 11.8 Å². The van der Waals surface area contributed by atoms with Gasteiger partial charge in [-0.25, -0.2) is 4.79 Å². The average molecular weight is 212 g/mol. The molecule has 0 saturated heterocycles. The highest BCUT2D eigenvalue weighted by molar-refractivity contribution is 6.37. The zero-order chi connectivity index (χ0) is 11.4. The van der Waals surface area contributed by atoms with Crippen LogP contribution < -0.4 is 0 Å². The first-order valence-electron chi connectivity index (χ1n) is 5.29. The Kier molecular flexibility index (Phi) is 4.00. The Morgan fingerprint density at radius 3 is 2.33 bits per heavy atom. The first-order valence-corrected chi connectivity index (χ1v) is 5.29. The topological polar surface area (TPSA) is 60.4 Å². The lowest BCUT2D eigenvalue weighted by molar-refractivity contribution is -0.155. The normalized spacial score (nSPS) is 24.1. The van der Waals surface area contributed by atoms with Gasteiger partial charge in [0.15, 0.2) is 0 Å². The van der Waals surface area contributed by atoms with Crippen LogP contribution in [0.25, 0.3) is 0 Å². The van der Waals surface area contributed by atoms with Crippen LogP contribution in [0.1, 0.15) is 33.1 Å². The van der Waals surface area contributed by atoms with Crippen LogP contribution in [0.4, 0.5) is 0 Å². The number of esters is 1. The second-order valence-corrected chi connectivity index (χ2v) is 3.95. The standard InChI is InChI=1S/C11H16O4/c1-3-15-11(14)10(13)6-9(12)8-5-4-7(8)2/h7-8H,3-6H2,1-2H3/t7-,8+/m0/s1. The minimum absolute atomic E-state index is 0.0247. The summed E-state index contributed by atoms with van der Waals surface area (Å²) in [5.41, 5.74) is 0. The second kappa shape index (κ2) is 5.05. The summed E-state index contributed by atoms with van der Waals surface area (Å²) in [6.45, 7) is 3.78. The molecule has 0 radical (unpaired) electrons. The zero-order valence-corrected chi connectivity index (χ0v) is 9.12. The summed E-state index contributed by atoms with van der Waals surface area (Å²) in [6, 6.07) is 0. The second-order valence-electron chi connectivity index (χ2n) is 3.95. The third-order valence-electron chi connectivity index (χ3n) is 2.87. The van der Waals surface area contributed by atoms with Crippen LogP contribution >= 0.6 is 0 Å². The van der Waals surface area contributed by atoms with Crippen LogP contribution in [0.3, 0.4) is 0 Å². The first-order chi connectivity index (χ1) is 7.06. The average Bonchev–Trinajstić information content (AvgIpc) is 2.15. The van der Waals surface area contributed by atoms with Gasteiger partial charge in [-0.1, -0.05) is 6.92 Å². The monoisotopic (exact) mass is 212 g/mol. The summed E-state index contributed by atoms with van der Waals surface area (Å²) in [4.78, 5) is 33.7. The molecule has 4 nitrogen and oxygen atoms in total. The van der Waals surface area contributed by atoms with E-state index in [4.69, 9.17) is 0 Å². The smallest absolute Gasteiger partial charge is 0.375 e. The van der Waals surface area contributed by atoms with Gasteiger partial charge in [0.2, 0.25) is 5.78 Å². The third-order valence-corrected chi connectivity index (χ3v) is 2.87. The van der Waals surface area contributed by atoms with Gasteiger partial charge in [0.1, 0.15) is 5.78 Å². The van der Waals surface area contributed by atoms with Crippen LogP contribution in [0.15, 0.2) is 0 Å². The minimum atomic E-state index is -0.891. The zero-order valence-electron chi connectivity index (χ0n) is 9.12. The third kappa shape index (κ3) is 2.88. The highest BCUT2D eigenvalue weighted by Crippen LogP contribution is 2.34. The van der Waals surface area contributed by atoms with E-state index < -0.39 is 11.8 Å². The summed E-state index contributed by atoms with van der Waals surface area (Å²) in [5, 5.41) is 0. The van der Waals surface area contributed by atoms with Crippen molar-refractivity contribution < 1.29 is 19.1 Å². The maximum absolute atomic E-state index is 11.5. The number of Topliss-reactive ketones (excluding diaryl/α,β-unsaturated/α-hetero) is 2. The van der Waals surface area contributed by atoms with E-state index in [1.807, 2.05) is 6.92 Å². The molecule has 4 heteroatoms. The molecule has 0 heterocycles. The van der Waals surface area contributed by atoms with Gasteiger partial charge in [-0.3, -0.25) is 9.59 Å². The van der Waals surface area contributed by atoms with Crippen LogP contribution in [-0.4, -0.2) is 24.1 Å². The number of carbonyl (C=O) groups is 3. The highest BCUT2D eigenvalue weighted by atomic mass is 16.5. The first kappa shape index (κ1) is 11.9. The van der Waals surface area contributed by atoms with E-state index in [0.717, 1.165) is 12.8 Å². The lowest BCUT2D eigenvalue weighted by Crippen LogP contribution is -2.33. The number of ketones is 2. The van der Waals surface area contributed by atoms with Gasteiger partial charge in [-0.2, -0.15) is 0 Å². The Morgan fingerprint density at radius 1 is 1.27 bits per heavy atom. The van der Waals surface area contributed by atoms with Crippen LogP contribution in [0.2, 0.25) is 0 Å². The van der Waals surface area contributed by atoms with Crippen LogP contribution in [0.5, 0.6) is 0 Å². The van der Waals surface area contributed by atoms with Gasteiger partial charge in [0.05, 0.1) is 13.0 Å². The van der Waals surface area contributed by atoms with Crippen molar-refractivity contribution in [2.45, 2.75) is 33.1 Å². The van der Waals surface area contributed by atoms with Gasteiger partial charge in [0, 0.05) is 5.92 Å². The molecule has 0 aromatic rings. The number of ether oxygens (including phenoxy) is 1. The molecule has 0 aliphatic heterocycles. The summed E-state index contributed by atoms with van der Waals surface area (Å²) in [5.74, 6) is -1.40. The fraction of sp³-hybridized carbons (Fsp3) is 0.727. The Morgan fingerprint density at radius 2 is 1.93 bits per heavy atom. The molecule has 0 bridgehead atoms. The van der Waals surface area contributed by atoms with E-state index in [2.05, 4.69) is 4.74 Å². The lowest BCUT2D eigenvalue weighted by Gasteiger charge is -2.32. The Hall–Kier alpha value is -1.19. The molecule has 1 fully saturated rings. The van der Waals surface area contributed by atoms with E-state index in [1.165, 1.54) is 0 Å². The predicted octanol–water partition coefficient (Wildman–Crippen LogP) is 1.12. The van der Waals surface area contributed by atoms with E-state index in [1.54, 1.807) is 6.92 Å². The Labute approximate surface area is 89.0 Å². The van der Waals surface area contributed by atoms with E-state index in [0.29, 0.717) is 5.92 Å². The molecule has 0 unspecified atom stereocenters. The molecule has 0 spiro atoms. The fourth-order valence-electron chi connectivity index (χ4n) is 1.72. The van der Waals surface area contributed by atoms with Gasteiger partial charge in [0.25, 0.3) is 0 Å². The molecule has 0 N–H and O–H groups in total. The van der Waals surface area contributed by atoms with Gasteiger partial charge in [-0.15, -0.1) is 0 Å². The molecule has 1 rings (SSSR count). The van der Waals surface area contributed by atoms with Crippen LogP contribution in [0, 0.1) is 11.8 Å². The fourth-order valence-corrected chi connectivity index (χ4v) is 1.72. The summed E-state index contributed by atoms with van der Waals surface area (Å²) in [7, 11) is 0. The number of hydrogen-bond donors (Lipinski definition) is 0. The quantitative estimate of drug-likeness (QED) is 0.389. The summed E-state index contributed by atoms with van der Waals surface area (Å²) in [6.07, 6.45) is 1.58. The molecule has 0 aromatic heterocycles. The SMILES string of the molecule is CCOC(=O)C(=O)CC(=O)[C@@H]1CC[C@@H]1C. The Bertz CT molecular complexity index is 282. The van der Waals surface area contributed by atoms with E-state index in [-0.39, 0.29) is 24.7 Å². The van der Waals surface area contributed by atoms with Crippen molar-refractivity contribution in [3.8, 4) is 0 Å². The van der Waals surface area contributed by atoms with Crippen molar-refractivity contribution in [2.75, 3.05) is 6.61 Å². The van der Waals surface area contributed by atoms with Crippen molar-refractivity contribution in [3.05, 3.63) is 0 Å². The molecule has 84 valence electrons. The largest absolute Gasteiger partial charge is 0.460 e. The molecule has 0 amide bonds. The molecule has 15 heavy (non-hydrogen) atoms. The van der Waals surface area contributed by atoms with E-state index >= 15 is 0 Å². The molecule has 1 saturated carbocycles. The number of carbonyl (C=O) groups excluding carboxylic acids is 3. The molecule has 1 aliphatic carbocycles. The number of rotatable bonds is 5. The van der Waals surface area contributed by atoms with Crippen LogP contribution in [-0.2, 0) is 19.1 Å². The maximum Gasteiger partial charge on any atom is 0.375 e. The molecular weight excluding hydrogens is 196 g/mol. The van der Waals surface area contributed by atoms with E-state index in [9.17, 15) is 14.4 Å². The maximum atomic E-state index is 11.5. The van der Waals surface area contributed by atoms with Crippen molar-refractivity contribution in [1.29, 1.82) is 0 Å². The lowest BCUT2D eigenvalue weighted by atomic mass is 9.72. The van der Waals surface area contributed by atoms with Gasteiger partial charge in [-0.05, 0) is 25.7 Å². The molecule has 0 aromatic carbocycles. The van der Waals surface area contributed by atoms with Crippen molar-refractivity contribution >= 4 is 17.5 Å². The predicted molar refractivity (Wildman–Crippen MR) is 53.2 cm³/mol. The molecule has 1 aliphatic rings. The summed E-state index contributed by atoms with van der Waals surface area (Å²) < 4.78 is 4.52.